The summed E-state index contributed by atoms with van der Waals surface area (Å²) in [6.07, 6.45) is 3.68. The fourth-order valence-electron chi connectivity index (χ4n) is 0.897. The van der Waals surface area contributed by atoms with Crippen LogP contribution in [0.5, 0.6) is 0 Å². The number of pyridine rings is 1. The average Bonchev–Trinajstić information content (AvgIpc) is 2.03. The molecule has 0 spiro atoms. The smallest absolute Gasteiger partial charge is 0.0410 e. The maximum Gasteiger partial charge on any atom is 0.0410 e. The molecule has 72 valence electrons. The lowest BCUT2D eigenvalue weighted by molar-refractivity contribution is 0.847. The first-order chi connectivity index (χ1) is 6.18. The van der Waals surface area contributed by atoms with Crippen molar-refractivity contribution in [3.05, 3.63) is 28.5 Å². The molecule has 1 atom stereocenters. The first-order valence-electron chi connectivity index (χ1n) is 4.11. The molecule has 0 bridgehead atoms. The third kappa shape index (κ3) is 4.64. The Morgan fingerprint density at radius 3 is 3.00 bits per heavy atom. The quantitative estimate of drug-likeness (QED) is 0.904. The van der Waals surface area contributed by atoms with Crippen LogP contribution >= 0.6 is 27.7 Å². The van der Waals surface area contributed by atoms with Crippen molar-refractivity contribution in [2.24, 2.45) is 5.73 Å². The van der Waals surface area contributed by atoms with Crippen LogP contribution in [0.15, 0.2) is 22.9 Å². The molecule has 0 aromatic carbocycles. The predicted octanol–water partition coefficient (Wildman–Crippen LogP) is 2.42. The van der Waals surface area contributed by atoms with Gasteiger partial charge in [-0.1, -0.05) is 0 Å². The number of nitrogens with zero attached hydrogens (tertiary/aromatic N) is 1. The second kappa shape index (κ2) is 5.62. The van der Waals surface area contributed by atoms with Gasteiger partial charge in [0.15, 0.2) is 0 Å². The van der Waals surface area contributed by atoms with Crippen molar-refractivity contribution in [3.63, 3.8) is 0 Å². The first kappa shape index (κ1) is 11.0. The van der Waals surface area contributed by atoms with Gasteiger partial charge >= 0.3 is 0 Å². The number of hydrogen-bond acceptors (Lipinski definition) is 3. The van der Waals surface area contributed by atoms with Crippen LogP contribution in [0.1, 0.15) is 12.5 Å². The van der Waals surface area contributed by atoms with Gasteiger partial charge in [0.25, 0.3) is 0 Å². The van der Waals surface area contributed by atoms with Crippen LogP contribution in [0.25, 0.3) is 0 Å². The van der Waals surface area contributed by atoms with Gasteiger partial charge in [0.05, 0.1) is 0 Å². The summed E-state index contributed by atoms with van der Waals surface area (Å²) in [5, 5.41) is 0. The molecule has 0 saturated carbocycles. The van der Waals surface area contributed by atoms with E-state index in [1.807, 2.05) is 24.9 Å². The van der Waals surface area contributed by atoms with Crippen LogP contribution < -0.4 is 5.73 Å². The van der Waals surface area contributed by atoms with Crippen LogP contribution in [-0.4, -0.2) is 16.8 Å². The van der Waals surface area contributed by atoms with Gasteiger partial charge in [0.2, 0.25) is 0 Å². The first-order valence-corrected chi connectivity index (χ1v) is 6.06. The fraction of sp³-hybridized carbons (Fsp3) is 0.444. The lowest BCUT2D eigenvalue weighted by Gasteiger charge is -2.04. The highest BCUT2D eigenvalue weighted by Gasteiger charge is 1.97. The second-order valence-corrected chi connectivity index (χ2v) is 4.95. The van der Waals surface area contributed by atoms with E-state index in [1.165, 1.54) is 5.56 Å². The molecule has 2 N–H and O–H groups in total. The molecule has 4 heteroatoms. The van der Waals surface area contributed by atoms with E-state index >= 15 is 0 Å². The van der Waals surface area contributed by atoms with Gasteiger partial charge in [-0.15, -0.1) is 0 Å². The van der Waals surface area contributed by atoms with E-state index in [0.717, 1.165) is 16.0 Å². The molecular formula is C9H13BrN2S. The molecule has 1 heterocycles. The lowest BCUT2D eigenvalue weighted by atomic mass is 10.3. The van der Waals surface area contributed by atoms with E-state index in [4.69, 9.17) is 5.73 Å². The largest absolute Gasteiger partial charge is 0.327 e. The second-order valence-electron chi connectivity index (χ2n) is 3.00. The van der Waals surface area contributed by atoms with Crippen LogP contribution in [0, 0.1) is 0 Å². The van der Waals surface area contributed by atoms with E-state index in [1.54, 1.807) is 6.20 Å². The molecule has 1 unspecified atom stereocenters. The van der Waals surface area contributed by atoms with Gasteiger partial charge in [-0.25, -0.2) is 0 Å². The van der Waals surface area contributed by atoms with Crippen LogP contribution in [0.4, 0.5) is 0 Å². The van der Waals surface area contributed by atoms with Crippen molar-refractivity contribution in [2.75, 3.05) is 5.75 Å². The topological polar surface area (TPSA) is 38.9 Å². The van der Waals surface area contributed by atoms with Gasteiger partial charge in [-0.2, -0.15) is 11.8 Å². The summed E-state index contributed by atoms with van der Waals surface area (Å²) in [6, 6.07) is 2.35. The van der Waals surface area contributed by atoms with Crippen LogP contribution in [0.3, 0.4) is 0 Å². The normalized spacial score (nSPS) is 12.8. The van der Waals surface area contributed by atoms with Crippen LogP contribution in [0.2, 0.25) is 0 Å². The molecule has 13 heavy (non-hydrogen) atoms. The Hall–Kier alpha value is -0.0600. The van der Waals surface area contributed by atoms with Crippen LogP contribution in [-0.2, 0) is 5.75 Å². The molecule has 1 rings (SSSR count). The highest BCUT2D eigenvalue weighted by atomic mass is 79.9. The molecule has 1 aromatic rings. The Morgan fingerprint density at radius 2 is 2.38 bits per heavy atom. The molecule has 0 aliphatic carbocycles. The molecule has 0 radical (unpaired) electrons. The fourth-order valence-corrected chi connectivity index (χ4v) is 2.19. The maximum absolute atomic E-state index is 5.64. The standard InChI is InChI=1S/C9H13BrN2S/c1-7(11)5-13-6-8-2-9(10)4-12-3-8/h2-4,7H,5-6,11H2,1H3. The predicted molar refractivity (Wildman–Crippen MR) is 61.7 cm³/mol. The third-order valence-electron chi connectivity index (χ3n) is 1.41. The number of hydrogen-bond donors (Lipinski definition) is 1. The van der Waals surface area contributed by atoms with E-state index in [2.05, 4.69) is 27.0 Å². The molecule has 0 amide bonds. The van der Waals surface area contributed by atoms with Crippen molar-refractivity contribution in [3.8, 4) is 0 Å². The van der Waals surface area contributed by atoms with Crippen molar-refractivity contribution in [2.45, 2.75) is 18.7 Å². The number of rotatable bonds is 4. The van der Waals surface area contributed by atoms with E-state index in [-0.39, 0.29) is 6.04 Å². The lowest BCUT2D eigenvalue weighted by Crippen LogP contribution is -2.17. The summed E-state index contributed by atoms with van der Waals surface area (Å²) in [6.45, 7) is 2.02. The summed E-state index contributed by atoms with van der Waals surface area (Å²) in [5.74, 6) is 1.97. The Morgan fingerprint density at radius 1 is 1.62 bits per heavy atom. The molecule has 0 saturated heterocycles. The summed E-state index contributed by atoms with van der Waals surface area (Å²) >= 11 is 5.22. The van der Waals surface area contributed by atoms with Crippen molar-refractivity contribution in [1.82, 2.24) is 4.98 Å². The third-order valence-corrected chi connectivity index (χ3v) is 3.14. The minimum absolute atomic E-state index is 0.269. The summed E-state index contributed by atoms with van der Waals surface area (Å²) in [7, 11) is 0. The minimum Gasteiger partial charge on any atom is -0.327 e. The average molecular weight is 261 g/mol. The van der Waals surface area contributed by atoms with Crippen molar-refractivity contribution >= 4 is 27.7 Å². The molecule has 0 aliphatic rings. The summed E-state index contributed by atoms with van der Waals surface area (Å²) in [4.78, 5) is 4.09. The maximum atomic E-state index is 5.64. The Balaban J connectivity index is 2.37. The Labute approximate surface area is 91.4 Å². The number of aromatic nitrogens is 1. The van der Waals surface area contributed by atoms with E-state index < -0.39 is 0 Å². The Kier molecular flexibility index (Phi) is 4.77. The molecule has 0 fully saturated rings. The highest BCUT2D eigenvalue weighted by Crippen LogP contribution is 2.15. The van der Waals surface area contributed by atoms with Gasteiger partial charge in [-0.05, 0) is 34.5 Å². The number of nitrogens with two attached hydrogens (primary N) is 1. The Bertz CT molecular complexity index is 266. The van der Waals surface area contributed by atoms with Gasteiger partial charge < -0.3 is 5.73 Å². The van der Waals surface area contributed by atoms with E-state index in [9.17, 15) is 0 Å². The van der Waals surface area contributed by atoms with Gasteiger partial charge in [0, 0.05) is 34.4 Å². The molecule has 1 aromatic heterocycles. The SMILES string of the molecule is CC(N)CSCc1cncc(Br)c1. The molecular weight excluding hydrogens is 248 g/mol. The molecule has 2 nitrogen and oxygen atoms in total. The van der Waals surface area contributed by atoms with E-state index in [0.29, 0.717) is 0 Å². The number of thioether (sulfide) groups is 1. The number of halogens is 1. The van der Waals surface area contributed by atoms with Gasteiger partial charge in [0.1, 0.15) is 0 Å². The summed E-state index contributed by atoms with van der Waals surface area (Å²) < 4.78 is 1.03. The zero-order chi connectivity index (χ0) is 9.68. The highest BCUT2D eigenvalue weighted by molar-refractivity contribution is 9.10. The van der Waals surface area contributed by atoms with Crippen molar-refractivity contribution in [1.29, 1.82) is 0 Å². The van der Waals surface area contributed by atoms with Crippen molar-refractivity contribution < 1.29 is 0 Å². The zero-order valence-corrected chi connectivity index (χ0v) is 9.94. The summed E-state index contributed by atoms with van der Waals surface area (Å²) in [5.41, 5.74) is 6.88. The van der Waals surface area contributed by atoms with Gasteiger partial charge in [-0.3, -0.25) is 4.98 Å². The zero-order valence-electron chi connectivity index (χ0n) is 7.53. The molecule has 0 aliphatic heterocycles. The minimum atomic E-state index is 0.269. The monoisotopic (exact) mass is 260 g/mol.